The van der Waals surface area contributed by atoms with E-state index in [1.807, 2.05) is 11.9 Å². The van der Waals surface area contributed by atoms with Gasteiger partial charge < -0.3 is 4.74 Å². The largest absolute Gasteiger partial charge is 0.468 e. The molecule has 1 aliphatic rings. The summed E-state index contributed by atoms with van der Waals surface area (Å²) in [6.45, 7) is 2.10. The lowest BCUT2D eigenvalue weighted by Gasteiger charge is -2.32. The highest BCUT2D eigenvalue weighted by atomic mass is 32.2. The van der Waals surface area contributed by atoms with Crippen molar-refractivity contribution in [3.05, 3.63) is 0 Å². The molecule has 1 heterocycles. The molecule has 0 aromatic rings. The van der Waals surface area contributed by atoms with Crippen molar-refractivity contribution in [1.82, 2.24) is 9.21 Å². The van der Waals surface area contributed by atoms with Crippen molar-refractivity contribution >= 4 is 16.0 Å². The van der Waals surface area contributed by atoms with E-state index >= 15 is 0 Å². The van der Waals surface area contributed by atoms with E-state index in [4.69, 9.17) is 0 Å². The van der Waals surface area contributed by atoms with E-state index in [1.165, 1.54) is 17.7 Å². The zero-order chi connectivity index (χ0) is 13.8. The third kappa shape index (κ3) is 4.91. The molecule has 1 unspecified atom stereocenters. The van der Waals surface area contributed by atoms with Crippen LogP contribution in [0.4, 0.5) is 0 Å². The number of methoxy groups -OCH3 is 1. The lowest BCUT2D eigenvalue weighted by atomic mass is 9.99. The molecule has 0 aromatic carbocycles. The molecule has 1 rings (SSSR count). The highest BCUT2D eigenvalue weighted by molar-refractivity contribution is 7.88. The number of esters is 1. The van der Waals surface area contributed by atoms with E-state index in [0.717, 1.165) is 12.8 Å². The minimum atomic E-state index is -3.10. The fourth-order valence-electron chi connectivity index (χ4n) is 2.27. The Kier molecular flexibility index (Phi) is 5.55. The van der Waals surface area contributed by atoms with Gasteiger partial charge in [0.15, 0.2) is 0 Å². The third-order valence-corrected chi connectivity index (χ3v) is 4.42. The van der Waals surface area contributed by atoms with Gasteiger partial charge in [0.05, 0.1) is 19.9 Å². The highest BCUT2D eigenvalue weighted by Crippen LogP contribution is 2.19. The van der Waals surface area contributed by atoms with Gasteiger partial charge in [0.1, 0.15) is 0 Å². The van der Waals surface area contributed by atoms with Gasteiger partial charge in [-0.2, -0.15) is 0 Å². The van der Waals surface area contributed by atoms with E-state index in [0.29, 0.717) is 19.6 Å². The molecule has 0 aromatic heterocycles. The van der Waals surface area contributed by atoms with Gasteiger partial charge in [-0.15, -0.1) is 0 Å². The Labute approximate surface area is 109 Å². The maximum Gasteiger partial charge on any atom is 0.319 e. The van der Waals surface area contributed by atoms with Crippen molar-refractivity contribution in [2.75, 3.05) is 46.6 Å². The fourth-order valence-corrected chi connectivity index (χ4v) is 3.21. The Morgan fingerprint density at radius 3 is 2.72 bits per heavy atom. The van der Waals surface area contributed by atoms with E-state index < -0.39 is 10.0 Å². The molecule has 6 nitrogen and oxygen atoms in total. The van der Waals surface area contributed by atoms with E-state index in [1.54, 1.807) is 0 Å². The first-order valence-electron chi connectivity index (χ1n) is 6.03. The first-order valence-corrected chi connectivity index (χ1v) is 7.88. The Bertz CT molecular complexity index is 383. The van der Waals surface area contributed by atoms with Gasteiger partial charge in [-0.1, -0.05) is 0 Å². The van der Waals surface area contributed by atoms with Crippen LogP contribution < -0.4 is 0 Å². The molecule has 0 aliphatic carbocycles. The number of carbonyl (C=O) groups is 1. The quantitative estimate of drug-likeness (QED) is 0.650. The van der Waals surface area contributed by atoms with Gasteiger partial charge in [-0.25, -0.2) is 12.7 Å². The fraction of sp³-hybridized carbons (Fsp3) is 0.909. The molecule has 1 saturated heterocycles. The van der Waals surface area contributed by atoms with Crippen LogP contribution >= 0.6 is 0 Å². The second-order valence-electron chi connectivity index (χ2n) is 4.90. The van der Waals surface area contributed by atoms with Crippen LogP contribution in [-0.2, 0) is 19.6 Å². The van der Waals surface area contributed by atoms with Crippen LogP contribution in [0.5, 0.6) is 0 Å². The average molecular weight is 278 g/mol. The number of rotatable bonds is 5. The molecular weight excluding hydrogens is 256 g/mol. The first kappa shape index (κ1) is 15.4. The van der Waals surface area contributed by atoms with Gasteiger partial charge in [-0.05, 0) is 25.8 Å². The summed E-state index contributed by atoms with van der Waals surface area (Å²) in [4.78, 5) is 13.0. The van der Waals surface area contributed by atoms with Crippen LogP contribution in [0.2, 0.25) is 0 Å². The number of sulfonamides is 1. The zero-order valence-corrected chi connectivity index (χ0v) is 12.1. The zero-order valence-electron chi connectivity index (χ0n) is 11.3. The van der Waals surface area contributed by atoms with E-state index in [9.17, 15) is 13.2 Å². The van der Waals surface area contributed by atoms with Crippen LogP contribution in [-0.4, -0.2) is 70.2 Å². The van der Waals surface area contributed by atoms with Crippen molar-refractivity contribution in [3.8, 4) is 0 Å². The molecule has 0 bridgehead atoms. The molecule has 1 fully saturated rings. The predicted molar refractivity (Wildman–Crippen MR) is 68.7 cm³/mol. The smallest absolute Gasteiger partial charge is 0.319 e. The van der Waals surface area contributed by atoms with Crippen molar-refractivity contribution in [3.63, 3.8) is 0 Å². The predicted octanol–water partition coefficient (Wildman–Crippen LogP) is -0.237. The van der Waals surface area contributed by atoms with Crippen molar-refractivity contribution in [2.45, 2.75) is 12.8 Å². The second kappa shape index (κ2) is 6.49. The maximum absolute atomic E-state index is 11.5. The van der Waals surface area contributed by atoms with Crippen molar-refractivity contribution in [2.24, 2.45) is 5.92 Å². The van der Waals surface area contributed by atoms with Crippen LogP contribution in [0.15, 0.2) is 0 Å². The van der Waals surface area contributed by atoms with Gasteiger partial charge in [-0.3, -0.25) is 9.69 Å². The number of carbonyl (C=O) groups excluding carboxylic acids is 1. The Balaban J connectivity index is 2.45. The molecule has 0 N–H and O–H groups in total. The number of hydrogen-bond acceptors (Lipinski definition) is 5. The summed E-state index contributed by atoms with van der Waals surface area (Å²) in [6.07, 6.45) is 3.12. The second-order valence-corrected chi connectivity index (χ2v) is 6.88. The SMILES string of the molecule is COC(=O)CN(C)CC1CCCN(S(C)(=O)=O)C1. The van der Waals surface area contributed by atoms with Gasteiger partial charge in [0.2, 0.25) is 10.0 Å². The monoisotopic (exact) mass is 278 g/mol. The standard InChI is InChI=1S/C11H22N2O4S/c1-12(9-11(14)17-2)7-10-5-4-6-13(8-10)18(3,15)16/h10H,4-9H2,1-3H3. The molecule has 7 heteroatoms. The summed E-state index contributed by atoms with van der Waals surface area (Å²) in [5, 5.41) is 0. The molecular formula is C11H22N2O4S. The number of likely N-dealkylation sites (N-methyl/N-ethyl adjacent to an activating group) is 1. The van der Waals surface area contributed by atoms with Crippen LogP contribution in [0.3, 0.4) is 0 Å². The lowest BCUT2D eigenvalue weighted by molar-refractivity contribution is -0.141. The molecule has 0 saturated carbocycles. The minimum Gasteiger partial charge on any atom is -0.468 e. The van der Waals surface area contributed by atoms with Gasteiger partial charge >= 0.3 is 5.97 Å². The number of piperidine rings is 1. The molecule has 1 aliphatic heterocycles. The molecule has 18 heavy (non-hydrogen) atoms. The number of nitrogens with zero attached hydrogens (tertiary/aromatic N) is 2. The molecule has 0 spiro atoms. The summed E-state index contributed by atoms with van der Waals surface area (Å²) in [6, 6.07) is 0. The lowest BCUT2D eigenvalue weighted by Crippen LogP contribution is -2.43. The normalized spacial score (nSPS) is 22.1. The van der Waals surface area contributed by atoms with Crippen molar-refractivity contribution in [1.29, 1.82) is 0 Å². The van der Waals surface area contributed by atoms with E-state index in [-0.39, 0.29) is 18.4 Å². The first-order chi connectivity index (χ1) is 8.32. The number of ether oxygens (including phenoxy) is 1. The summed E-state index contributed by atoms with van der Waals surface area (Å²) in [5.74, 6) is 0.0106. The third-order valence-electron chi connectivity index (χ3n) is 3.15. The Hall–Kier alpha value is -0.660. The topological polar surface area (TPSA) is 66.9 Å². The summed E-state index contributed by atoms with van der Waals surface area (Å²) >= 11 is 0. The summed E-state index contributed by atoms with van der Waals surface area (Å²) in [5.41, 5.74) is 0. The van der Waals surface area contributed by atoms with Crippen LogP contribution in [0.25, 0.3) is 0 Å². The molecule has 106 valence electrons. The van der Waals surface area contributed by atoms with Crippen molar-refractivity contribution < 1.29 is 17.9 Å². The highest BCUT2D eigenvalue weighted by Gasteiger charge is 2.26. The minimum absolute atomic E-state index is 0.242. The average Bonchev–Trinajstić information content (AvgIpc) is 2.27. The molecule has 0 amide bonds. The maximum atomic E-state index is 11.5. The molecule has 0 radical (unpaired) electrons. The summed E-state index contributed by atoms with van der Waals surface area (Å²) in [7, 11) is 0.108. The van der Waals surface area contributed by atoms with E-state index in [2.05, 4.69) is 4.74 Å². The van der Waals surface area contributed by atoms with Gasteiger partial charge in [0, 0.05) is 19.6 Å². The molecule has 1 atom stereocenters. The van der Waals surface area contributed by atoms with Crippen LogP contribution in [0.1, 0.15) is 12.8 Å². The van der Waals surface area contributed by atoms with Crippen LogP contribution in [0, 0.1) is 5.92 Å². The number of hydrogen-bond donors (Lipinski definition) is 0. The summed E-state index contributed by atoms with van der Waals surface area (Å²) < 4.78 is 29.1. The Morgan fingerprint density at radius 1 is 1.50 bits per heavy atom. The van der Waals surface area contributed by atoms with Gasteiger partial charge in [0.25, 0.3) is 0 Å². The Morgan fingerprint density at radius 2 is 2.17 bits per heavy atom.